The average molecular weight is 534 g/mol. The normalized spacial score (nSPS) is 19.3. The van der Waals surface area contributed by atoms with Crippen LogP contribution in [0.25, 0.3) is 0 Å². The van der Waals surface area contributed by atoms with Crippen molar-refractivity contribution in [2.24, 2.45) is 0 Å². The molecule has 5 nitrogen and oxygen atoms in total. The number of morpholine rings is 1. The van der Waals surface area contributed by atoms with Gasteiger partial charge in [0.1, 0.15) is 12.4 Å². The van der Waals surface area contributed by atoms with E-state index in [-0.39, 0.29) is 30.8 Å². The van der Waals surface area contributed by atoms with Gasteiger partial charge < -0.3 is 9.47 Å². The minimum absolute atomic E-state index is 0.0128. The number of ether oxygens (including phenoxy) is 2. The molecule has 2 aliphatic heterocycles. The van der Waals surface area contributed by atoms with Crippen LogP contribution in [0.2, 0.25) is 0 Å². The molecule has 0 saturated carbocycles. The number of rotatable bonds is 6. The molecule has 1 amide bonds. The minimum Gasteiger partial charge on any atom is -0.376 e. The highest BCUT2D eigenvalue weighted by molar-refractivity contribution is 5.77. The number of amides is 1. The largest absolute Gasteiger partial charge is 0.416 e. The maximum absolute atomic E-state index is 13.6. The SMILES string of the molecule is O=C1COCCN1N1CCC(COCc2cc(C(F)(F)F)cc(C(F)(F)F)c2)(c2ccc(F)cc2)CC1. The van der Waals surface area contributed by atoms with Crippen molar-refractivity contribution in [1.82, 2.24) is 10.0 Å². The van der Waals surface area contributed by atoms with Crippen LogP contribution < -0.4 is 0 Å². The van der Waals surface area contributed by atoms with Crippen LogP contribution in [-0.2, 0) is 38.6 Å². The first-order valence-corrected chi connectivity index (χ1v) is 11.6. The monoisotopic (exact) mass is 534 g/mol. The molecular formula is C25H25F7N2O3. The molecule has 0 N–H and O–H groups in total. The summed E-state index contributed by atoms with van der Waals surface area (Å²) in [6, 6.07) is 7.14. The molecule has 2 aromatic rings. The fourth-order valence-electron chi connectivity index (χ4n) is 4.76. The number of halogens is 7. The highest BCUT2D eigenvalue weighted by atomic mass is 19.4. The Kier molecular flexibility index (Phi) is 7.82. The Morgan fingerprint density at radius 3 is 2.03 bits per heavy atom. The van der Waals surface area contributed by atoms with E-state index in [1.54, 1.807) is 17.1 Å². The number of piperidine rings is 1. The van der Waals surface area contributed by atoms with Crippen LogP contribution in [0, 0.1) is 5.82 Å². The van der Waals surface area contributed by atoms with Gasteiger partial charge in [-0.25, -0.2) is 9.40 Å². The van der Waals surface area contributed by atoms with Crippen molar-refractivity contribution in [1.29, 1.82) is 0 Å². The molecule has 0 unspecified atom stereocenters. The van der Waals surface area contributed by atoms with Gasteiger partial charge in [0, 0.05) is 18.5 Å². The predicted octanol–water partition coefficient (Wildman–Crippen LogP) is 5.19. The van der Waals surface area contributed by atoms with Crippen LogP contribution in [-0.4, -0.2) is 55.4 Å². The van der Waals surface area contributed by atoms with E-state index < -0.39 is 41.3 Å². The second kappa shape index (κ2) is 10.6. The highest BCUT2D eigenvalue weighted by Gasteiger charge is 2.40. The summed E-state index contributed by atoms with van der Waals surface area (Å²) in [6.07, 6.45) is -8.95. The van der Waals surface area contributed by atoms with Gasteiger partial charge in [-0.15, -0.1) is 0 Å². The minimum atomic E-state index is -4.95. The second-order valence-electron chi connectivity index (χ2n) is 9.22. The Hall–Kier alpha value is -2.70. The molecular weight excluding hydrogens is 509 g/mol. The van der Waals surface area contributed by atoms with Crippen molar-refractivity contribution in [2.75, 3.05) is 39.5 Å². The molecule has 12 heteroatoms. The van der Waals surface area contributed by atoms with Crippen LogP contribution in [0.15, 0.2) is 42.5 Å². The number of hydrazine groups is 1. The van der Waals surface area contributed by atoms with Crippen LogP contribution in [0.3, 0.4) is 0 Å². The predicted molar refractivity (Wildman–Crippen MR) is 118 cm³/mol. The Morgan fingerprint density at radius 2 is 1.49 bits per heavy atom. The van der Waals surface area contributed by atoms with E-state index in [9.17, 15) is 35.5 Å². The Bertz CT molecular complexity index is 1060. The second-order valence-corrected chi connectivity index (χ2v) is 9.22. The molecule has 0 radical (unpaired) electrons. The first kappa shape index (κ1) is 27.3. The molecule has 2 saturated heterocycles. The molecule has 202 valence electrons. The fourth-order valence-corrected chi connectivity index (χ4v) is 4.76. The average Bonchev–Trinajstić information content (AvgIpc) is 2.84. The van der Waals surface area contributed by atoms with E-state index in [1.165, 1.54) is 12.1 Å². The van der Waals surface area contributed by atoms with Gasteiger partial charge >= 0.3 is 12.4 Å². The molecule has 2 aliphatic rings. The van der Waals surface area contributed by atoms with Crippen LogP contribution in [0.4, 0.5) is 30.7 Å². The van der Waals surface area contributed by atoms with Gasteiger partial charge in [-0.1, -0.05) is 12.1 Å². The highest BCUT2D eigenvalue weighted by Crippen LogP contribution is 2.39. The maximum atomic E-state index is 13.6. The molecule has 0 aliphatic carbocycles. The summed E-state index contributed by atoms with van der Waals surface area (Å²) in [7, 11) is 0. The number of hydrogen-bond donors (Lipinski definition) is 0. The first-order chi connectivity index (χ1) is 17.4. The number of alkyl halides is 6. The van der Waals surface area contributed by atoms with E-state index in [2.05, 4.69) is 0 Å². The van der Waals surface area contributed by atoms with Crippen LogP contribution >= 0.6 is 0 Å². The molecule has 37 heavy (non-hydrogen) atoms. The molecule has 0 aromatic heterocycles. The summed E-state index contributed by atoms with van der Waals surface area (Å²) in [5, 5.41) is 3.52. The van der Waals surface area contributed by atoms with Crippen molar-refractivity contribution in [3.05, 3.63) is 70.5 Å². The molecule has 0 atom stereocenters. The van der Waals surface area contributed by atoms with E-state index in [1.807, 2.05) is 5.01 Å². The van der Waals surface area contributed by atoms with Gasteiger partial charge in [-0.05, 0) is 54.3 Å². The molecule has 4 rings (SSSR count). The lowest BCUT2D eigenvalue weighted by Gasteiger charge is -2.46. The first-order valence-electron chi connectivity index (χ1n) is 11.6. The number of hydrogen-bond acceptors (Lipinski definition) is 4. The summed E-state index contributed by atoms with van der Waals surface area (Å²) in [6.45, 7) is 1.23. The fraction of sp³-hybridized carbons (Fsp3) is 0.480. The third-order valence-corrected chi connectivity index (χ3v) is 6.75. The van der Waals surface area contributed by atoms with Crippen LogP contribution in [0.5, 0.6) is 0 Å². The zero-order valence-electron chi connectivity index (χ0n) is 19.7. The Balaban J connectivity index is 1.52. The van der Waals surface area contributed by atoms with E-state index >= 15 is 0 Å². The van der Waals surface area contributed by atoms with Gasteiger partial charge in [0.05, 0.1) is 37.5 Å². The summed E-state index contributed by atoms with van der Waals surface area (Å²) < 4.78 is 104. The standard InChI is InChI=1S/C25H25F7N2O3/c26-21-3-1-18(2-4-21)23(5-7-33(8-6-23)34-9-10-36-15-22(34)35)16-37-14-17-11-19(24(27,28)29)13-20(12-17)25(30,31)32/h1-4,11-13H,5-10,14-16H2. The van der Waals surface area contributed by atoms with Crippen molar-refractivity contribution in [3.63, 3.8) is 0 Å². The van der Waals surface area contributed by atoms with Gasteiger partial charge in [-0.3, -0.25) is 9.80 Å². The lowest BCUT2D eigenvalue weighted by molar-refractivity contribution is -0.169. The molecule has 0 spiro atoms. The number of benzene rings is 2. The van der Waals surface area contributed by atoms with Gasteiger partial charge in [0.2, 0.25) is 0 Å². The third-order valence-electron chi connectivity index (χ3n) is 6.75. The van der Waals surface area contributed by atoms with Crippen molar-refractivity contribution < 1.29 is 45.0 Å². The lowest BCUT2D eigenvalue weighted by atomic mass is 9.73. The summed E-state index contributed by atoms with van der Waals surface area (Å²) in [5.74, 6) is -0.610. The van der Waals surface area contributed by atoms with Gasteiger partial charge in [0.25, 0.3) is 5.91 Å². The Morgan fingerprint density at radius 1 is 0.892 bits per heavy atom. The van der Waals surface area contributed by atoms with E-state index in [4.69, 9.17) is 9.47 Å². The van der Waals surface area contributed by atoms with E-state index in [0.717, 1.165) is 5.56 Å². The maximum Gasteiger partial charge on any atom is 0.416 e. The summed E-state index contributed by atoms with van der Waals surface area (Å²) in [5.41, 5.74) is -3.00. The van der Waals surface area contributed by atoms with Crippen LogP contribution in [0.1, 0.15) is 35.1 Å². The summed E-state index contributed by atoms with van der Waals surface area (Å²) >= 11 is 0. The summed E-state index contributed by atoms with van der Waals surface area (Å²) in [4.78, 5) is 12.2. The molecule has 2 heterocycles. The third kappa shape index (κ3) is 6.42. The topological polar surface area (TPSA) is 42.0 Å². The number of carbonyl (C=O) groups is 1. The molecule has 2 fully saturated rings. The number of carbonyl (C=O) groups excluding carboxylic acids is 1. The smallest absolute Gasteiger partial charge is 0.376 e. The van der Waals surface area contributed by atoms with E-state index in [0.29, 0.717) is 51.2 Å². The Labute approximate surface area is 208 Å². The van der Waals surface area contributed by atoms with Gasteiger partial charge in [0.15, 0.2) is 0 Å². The number of nitrogens with zero attached hydrogens (tertiary/aromatic N) is 2. The quantitative estimate of drug-likeness (QED) is 0.479. The molecule has 2 aromatic carbocycles. The van der Waals surface area contributed by atoms with Gasteiger partial charge in [-0.2, -0.15) is 26.3 Å². The van der Waals surface area contributed by atoms with Crippen molar-refractivity contribution in [2.45, 2.75) is 37.2 Å². The van der Waals surface area contributed by atoms with Crippen molar-refractivity contribution >= 4 is 5.91 Å². The lowest BCUT2D eigenvalue weighted by Crippen LogP contribution is -2.57. The zero-order valence-corrected chi connectivity index (χ0v) is 19.7. The molecule has 0 bridgehead atoms. The van der Waals surface area contributed by atoms with Crippen molar-refractivity contribution in [3.8, 4) is 0 Å². The zero-order chi connectivity index (χ0) is 26.8.